The molecule has 2 heteroatoms. The Labute approximate surface area is 134 Å². The number of nitrogens with zero attached hydrogens (tertiary/aromatic N) is 1. The van der Waals surface area contributed by atoms with Crippen molar-refractivity contribution < 1.29 is 4.74 Å². The van der Waals surface area contributed by atoms with Crippen LogP contribution in [-0.2, 0) is 6.42 Å². The Balaban J connectivity index is 2.21. The first-order valence-electron chi connectivity index (χ1n) is 8.41. The van der Waals surface area contributed by atoms with Gasteiger partial charge in [0.25, 0.3) is 0 Å². The summed E-state index contributed by atoms with van der Waals surface area (Å²) in [5.41, 5.74) is 3.45. The highest BCUT2D eigenvalue weighted by molar-refractivity contribution is 5.67. The summed E-state index contributed by atoms with van der Waals surface area (Å²) >= 11 is 0. The molecule has 0 radical (unpaired) electrons. The number of ether oxygens (including phenoxy) is 1. The van der Waals surface area contributed by atoms with E-state index in [-0.39, 0.29) is 0 Å². The van der Waals surface area contributed by atoms with E-state index in [0.717, 1.165) is 36.5 Å². The molecule has 1 aromatic carbocycles. The fourth-order valence-corrected chi connectivity index (χ4v) is 2.31. The summed E-state index contributed by atoms with van der Waals surface area (Å²) in [6.07, 6.45) is 6.59. The Morgan fingerprint density at radius 1 is 1.14 bits per heavy atom. The van der Waals surface area contributed by atoms with Crippen molar-refractivity contribution in [2.24, 2.45) is 5.92 Å². The highest BCUT2D eigenvalue weighted by atomic mass is 16.5. The van der Waals surface area contributed by atoms with E-state index in [9.17, 15) is 0 Å². The Bertz CT molecular complexity index is 579. The molecular weight excluding hydrogens is 270 g/mol. The lowest BCUT2D eigenvalue weighted by Crippen LogP contribution is -2.08. The Hall–Kier alpha value is -1.83. The molecule has 0 saturated carbocycles. The van der Waals surface area contributed by atoms with Crippen molar-refractivity contribution in [2.45, 2.75) is 46.5 Å². The van der Waals surface area contributed by atoms with Crippen LogP contribution in [0.3, 0.4) is 0 Å². The molecule has 0 spiro atoms. The van der Waals surface area contributed by atoms with E-state index in [1.54, 1.807) is 0 Å². The third-order valence-electron chi connectivity index (χ3n) is 4.03. The number of aromatic nitrogens is 1. The lowest BCUT2D eigenvalue weighted by Gasteiger charge is -2.14. The number of rotatable bonds is 8. The quantitative estimate of drug-likeness (QED) is 0.640. The van der Waals surface area contributed by atoms with Crippen LogP contribution in [0.1, 0.15) is 45.6 Å². The lowest BCUT2D eigenvalue weighted by atomic mass is 10.0. The van der Waals surface area contributed by atoms with Crippen molar-refractivity contribution in [3.05, 3.63) is 48.2 Å². The first kappa shape index (κ1) is 16.5. The topological polar surface area (TPSA) is 22.1 Å². The van der Waals surface area contributed by atoms with Gasteiger partial charge in [-0.15, -0.1) is 0 Å². The van der Waals surface area contributed by atoms with Gasteiger partial charge in [-0.2, -0.15) is 0 Å². The first-order chi connectivity index (χ1) is 10.7. The average molecular weight is 297 g/mol. The van der Waals surface area contributed by atoms with Gasteiger partial charge in [0.1, 0.15) is 5.75 Å². The summed E-state index contributed by atoms with van der Waals surface area (Å²) in [6, 6.07) is 12.5. The molecular formula is C20H27NO. The van der Waals surface area contributed by atoms with Gasteiger partial charge in [-0.25, -0.2) is 0 Å². The number of hydrogen-bond acceptors (Lipinski definition) is 2. The predicted octanol–water partition coefficient (Wildman–Crippen LogP) is 5.52. The minimum atomic E-state index is 0.567. The molecule has 0 aliphatic rings. The molecule has 0 aliphatic carbocycles. The molecule has 0 amide bonds. The van der Waals surface area contributed by atoms with Gasteiger partial charge in [0.15, 0.2) is 0 Å². The van der Waals surface area contributed by atoms with Crippen LogP contribution in [0.15, 0.2) is 42.6 Å². The maximum Gasteiger partial charge on any atom is 0.128 e. The molecule has 0 N–H and O–H groups in total. The summed E-state index contributed by atoms with van der Waals surface area (Å²) in [6.45, 7) is 7.38. The molecule has 1 aromatic heterocycles. The SMILES string of the molecule is CCCCc1ccnc(-c2ccccc2OCC(C)CC)c1. The van der Waals surface area contributed by atoms with Crippen LogP contribution in [0.4, 0.5) is 0 Å². The largest absolute Gasteiger partial charge is 0.493 e. The first-order valence-corrected chi connectivity index (χ1v) is 8.41. The molecule has 0 fully saturated rings. The number of benzene rings is 1. The molecule has 0 bridgehead atoms. The zero-order valence-corrected chi connectivity index (χ0v) is 14.0. The number of unbranched alkanes of at least 4 members (excludes halogenated alkanes) is 1. The fraction of sp³-hybridized carbons (Fsp3) is 0.450. The summed E-state index contributed by atoms with van der Waals surface area (Å²) < 4.78 is 6.03. The van der Waals surface area contributed by atoms with Crippen LogP contribution in [0.25, 0.3) is 11.3 Å². The summed E-state index contributed by atoms with van der Waals surface area (Å²) in [5, 5.41) is 0. The lowest BCUT2D eigenvalue weighted by molar-refractivity contribution is 0.257. The smallest absolute Gasteiger partial charge is 0.128 e. The molecule has 1 atom stereocenters. The van der Waals surface area contributed by atoms with Gasteiger partial charge in [-0.05, 0) is 48.6 Å². The van der Waals surface area contributed by atoms with Crippen LogP contribution >= 0.6 is 0 Å². The van der Waals surface area contributed by atoms with Crippen molar-refractivity contribution >= 4 is 0 Å². The number of pyridine rings is 1. The average Bonchev–Trinajstić information content (AvgIpc) is 2.58. The monoisotopic (exact) mass is 297 g/mol. The number of hydrogen-bond donors (Lipinski definition) is 0. The molecule has 0 aliphatic heterocycles. The van der Waals surface area contributed by atoms with Gasteiger partial charge in [0, 0.05) is 11.8 Å². The van der Waals surface area contributed by atoms with Gasteiger partial charge in [0.2, 0.25) is 0 Å². The van der Waals surface area contributed by atoms with Crippen LogP contribution in [0, 0.1) is 5.92 Å². The van der Waals surface area contributed by atoms with E-state index in [1.165, 1.54) is 18.4 Å². The van der Waals surface area contributed by atoms with Gasteiger partial charge in [-0.1, -0.05) is 45.7 Å². The maximum atomic E-state index is 6.03. The standard InChI is InChI=1S/C20H27NO/c1-4-6-9-17-12-13-21-19(14-17)18-10-7-8-11-20(18)22-15-16(3)5-2/h7-8,10-14,16H,4-6,9,15H2,1-3H3. The van der Waals surface area contributed by atoms with Crippen molar-refractivity contribution in [3.63, 3.8) is 0 Å². The second-order valence-corrected chi connectivity index (χ2v) is 5.97. The van der Waals surface area contributed by atoms with Gasteiger partial charge >= 0.3 is 0 Å². The minimum Gasteiger partial charge on any atom is -0.493 e. The van der Waals surface area contributed by atoms with Gasteiger partial charge in [-0.3, -0.25) is 4.98 Å². The van der Waals surface area contributed by atoms with Crippen LogP contribution in [0.5, 0.6) is 5.75 Å². The predicted molar refractivity (Wildman–Crippen MR) is 93.2 cm³/mol. The molecule has 22 heavy (non-hydrogen) atoms. The third-order valence-corrected chi connectivity index (χ3v) is 4.03. The summed E-state index contributed by atoms with van der Waals surface area (Å²) in [7, 11) is 0. The minimum absolute atomic E-state index is 0.567. The highest BCUT2D eigenvalue weighted by Crippen LogP contribution is 2.29. The fourth-order valence-electron chi connectivity index (χ4n) is 2.31. The Kier molecular flexibility index (Phi) is 6.45. The normalized spacial score (nSPS) is 12.1. The van der Waals surface area contributed by atoms with E-state index in [4.69, 9.17) is 4.74 Å². The highest BCUT2D eigenvalue weighted by Gasteiger charge is 2.09. The molecule has 0 saturated heterocycles. The van der Waals surface area contributed by atoms with E-state index in [0.29, 0.717) is 5.92 Å². The van der Waals surface area contributed by atoms with Crippen LogP contribution < -0.4 is 4.74 Å². The second-order valence-electron chi connectivity index (χ2n) is 5.97. The Morgan fingerprint density at radius 2 is 1.95 bits per heavy atom. The van der Waals surface area contributed by atoms with Crippen molar-refractivity contribution in [3.8, 4) is 17.0 Å². The zero-order chi connectivity index (χ0) is 15.8. The number of aryl methyl sites for hydroxylation is 1. The van der Waals surface area contributed by atoms with Gasteiger partial charge in [0.05, 0.1) is 12.3 Å². The zero-order valence-electron chi connectivity index (χ0n) is 14.0. The van der Waals surface area contributed by atoms with Crippen molar-refractivity contribution in [1.29, 1.82) is 0 Å². The van der Waals surface area contributed by atoms with Crippen LogP contribution in [-0.4, -0.2) is 11.6 Å². The number of para-hydroxylation sites is 1. The summed E-state index contributed by atoms with van der Waals surface area (Å²) in [4.78, 5) is 4.55. The third kappa shape index (κ3) is 4.59. The van der Waals surface area contributed by atoms with Crippen molar-refractivity contribution in [2.75, 3.05) is 6.61 Å². The van der Waals surface area contributed by atoms with Gasteiger partial charge < -0.3 is 4.74 Å². The second kappa shape index (κ2) is 8.57. The molecule has 2 rings (SSSR count). The maximum absolute atomic E-state index is 6.03. The van der Waals surface area contributed by atoms with Crippen molar-refractivity contribution in [1.82, 2.24) is 4.98 Å². The molecule has 2 nitrogen and oxygen atoms in total. The summed E-state index contributed by atoms with van der Waals surface area (Å²) in [5.74, 6) is 1.50. The Morgan fingerprint density at radius 3 is 2.73 bits per heavy atom. The molecule has 118 valence electrons. The molecule has 2 aromatic rings. The van der Waals surface area contributed by atoms with E-state index in [1.807, 2.05) is 24.4 Å². The molecule has 1 unspecified atom stereocenters. The van der Waals surface area contributed by atoms with E-state index >= 15 is 0 Å². The van der Waals surface area contributed by atoms with E-state index < -0.39 is 0 Å². The molecule has 1 heterocycles. The van der Waals surface area contributed by atoms with Crippen LogP contribution in [0.2, 0.25) is 0 Å². The van der Waals surface area contributed by atoms with E-state index in [2.05, 4.69) is 44.0 Å².